The lowest BCUT2D eigenvalue weighted by Crippen LogP contribution is -2.02. The number of aryl methyl sites for hydroxylation is 1. The molecule has 0 fully saturated rings. The molecule has 0 spiro atoms. The molecule has 4 heteroatoms. The molecular formula is C17H21FN2O. The van der Waals surface area contributed by atoms with Gasteiger partial charge in [0.2, 0.25) is 0 Å². The van der Waals surface area contributed by atoms with E-state index in [0.29, 0.717) is 18.0 Å². The van der Waals surface area contributed by atoms with Gasteiger partial charge in [-0.25, -0.2) is 4.39 Å². The minimum atomic E-state index is -0.443. The second kappa shape index (κ2) is 6.97. The van der Waals surface area contributed by atoms with Gasteiger partial charge in [0.15, 0.2) is 11.6 Å². The highest BCUT2D eigenvalue weighted by molar-refractivity contribution is 5.75. The van der Waals surface area contributed by atoms with Crippen molar-refractivity contribution in [3.8, 4) is 5.75 Å². The lowest BCUT2D eigenvalue weighted by atomic mass is 10.1. The van der Waals surface area contributed by atoms with Crippen molar-refractivity contribution in [2.24, 2.45) is 0 Å². The Bertz CT molecular complexity index is 614. The number of nitrogens with two attached hydrogens (primary N) is 1. The summed E-state index contributed by atoms with van der Waals surface area (Å²) in [6, 6.07) is 10.9. The Morgan fingerprint density at radius 3 is 2.62 bits per heavy atom. The Hall–Kier alpha value is -2.23. The molecule has 0 bridgehead atoms. The number of halogens is 1. The average Bonchev–Trinajstić information content (AvgIpc) is 2.46. The largest absolute Gasteiger partial charge is 0.491 e. The summed E-state index contributed by atoms with van der Waals surface area (Å²) in [5, 5.41) is 3.28. The topological polar surface area (TPSA) is 47.3 Å². The number of ether oxygens (including phenoxy) is 1. The van der Waals surface area contributed by atoms with Crippen LogP contribution in [0.2, 0.25) is 0 Å². The quantitative estimate of drug-likeness (QED) is 0.769. The first-order chi connectivity index (χ1) is 10.2. The molecule has 112 valence electrons. The van der Waals surface area contributed by atoms with Gasteiger partial charge in [-0.2, -0.15) is 0 Å². The maximum Gasteiger partial charge on any atom is 0.167 e. The van der Waals surface area contributed by atoms with Gasteiger partial charge in [0.25, 0.3) is 0 Å². The van der Waals surface area contributed by atoms with Gasteiger partial charge in [0.05, 0.1) is 18.0 Å². The van der Waals surface area contributed by atoms with Gasteiger partial charge in [0.1, 0.15) is 0 Å². The molecule has 0 saturated heterocycles. The first-order valence-electron chi connectivity index (χ1n) is 7.22. The molecule has 2 rings (SSSR count). The zero-order valence-electron chi connectivity index (χ0n) is 12.4. The Kier molecular flexibility index (Phi) is 5.04. The summed E-state index contributed by atoms with van der Waals surface area (Å²) in [4.78, 5) is 0. The molecule has 0 atom stereocenters. The predicted molar refractivity (Wildman–Crippen MR) is 85.7 cm³/mol. The van der Waals surface area contributed by atoms with Crippen LogP contribution in [0.3, 0.4) is 0 Å². The number of benzene rings is 2. The van der Waals surface area contributed by atoms with Gasteiger partial charge in [-0.05, 0) is 25.0 Å². The van der Waals surface area contributed by atoms with Crippen molar-refractivity contribution in [1.29, 1.82) is 0 Å². The van der Waals surface area contributed by atoms with E-state index in [1.165, 1.54) is 11.6 Å². The van der Waals surface area contributed by atoms with E-state index < -0.39 is 5.82 Å². The van der Waals surface area contributed by atoms with Gasteiger partial charge in [-0.15, -0.1) is 0 Å². The van der Waals surface area contributed by atoms with Crippen LogP contribution in [-0.4, -0.2) is 6.61 Å². The predicted octanol–water partition coefficient (Wildman–Crippen LogP) is 4.50. The van der Waals surface area contributed by atoms with Crippen LogP contribution in [0.25, 0.3) is 0 Å². The maximum atomic E-state index is 13.7. The molecule has 0 aliphatic rings. The smallest absolute Gasteiger partial charge is 0.167 e. The monoisotopic (exact) mass is 288 g/mol. The van der Waals surface area contributed by atoms with Gasteiger partial charge in [0, 0.05) is 17.8 Å². The SMILES string of the molecule is CCCc1ccccc1Nc1cc(OCC)c(F)cc1N. The normalized spacial score (nSPS) is 10.4. The molecule has 0 amide bonds. The fourth-order valence-corrected chi connectivity index (χ4v) is 2.22. The molecule has 0 aliphatic carbocycles. The molecule has 0 heterocycles. The van der Waals surface area contributed by atoms with Crippen molar-refractivity contribution in [2.45, 2.75) is 26.7 Å². The van der Waals surface area contributed by atoms with Crippen molar-refractivity contribution in [1.82, 2.24) is 0 Å². The van der Waals surface area contributed by atoms with Crippen LogP contribution >= 0.6 is 0 Å². The molecule has 2 aromatic rings. The Morgan fingerprint density at radius 2 is 1.90 bits per heavy atom. The third-order valence-corrected chi connectivity index (χ3v) is 3.21. The summed E-state index contributed by atoms with van der Waals surface area (Å²) >= 11 is 0. The fraction of sp³-hybridized carbons (Fsp3) is 0.294. The molecule has 3 N–H and O–H groups in total. The van der Waals surface area contributed by atoms with Gasteiger partial charge < -0.3 is 15.8 Å². The van der Waals surface area contributed by atoms with Crippen molar-refractivity contribution in [3.63, 3.8) is 0 Å². The van der Waals surface area contributed by atoms with E-state index in [1.807, 2.05) is 25.1 Å². The van der Waals surface area contributed by atoms with Crippen LogP contribution in [0.5, 0.6) is 5.75 Å². The van der Waals surface area contributed by atoms with Crippen LogP contribution in [-0.2, 0) is 6.42 Å². The lowest BCUT2D eigenvalue weighted by Gasteiger charge is -2.15. The van der Waals surface area contributed by atoms with Crippen LogP contribution < -0.4 is 15.8 Å². The lowest BCUT2D eigenvalue weighted by molar-refractivity contribution is 0.322. The maximum absolute atomic E-state index is 13.7. The summed E-state index contributed by atoms with van der Waals surface area (Å²) in [6.45, 7) is 4.36. The zero-order chi connectivity index (χ0) is 15.2. The number of para-hydroxylation sites is 1. The summed E-state index contributed by atoms with van der Waals surface area (Å²) in [5.74, 6) is -0.232. The van der Waals surface area contributed by atoms with Gasteiger partial charge >= 0.3 is 0 Å². The fourth-order valence-electron chi connectivity index (χ4n) is 2.22. The molecule has 2 aromatic carbocycles. The van der Waals surface area contributed by atoms with Gasteiger partial charge in [-0.3, -0.25) is 0 Å². The summed E-state index contributed by atoms with van der Waals surface area (Å²) < 4.78 is 19.0. The number of nitrogens with one attached hydrogen (secondary N) is 1. The molecule has 0 aromatic heterocycles. The Morgan fingerprint density at radius 1 is 1.14 bits per heavy atom. The van der Waals surface area contributed by atoms with Crippen molar-refractivity contribution in [3.05, 3.63) is 47.8 Å². The second-order valence-corrected chi connectivity index (χ2v) is 4.84. The number of anilines is 3. The molecule has 0 radical (unpaired) electrons. The molecule has 0 aliphatic heterocycles. The van der Waals surface area contributed by atoms with E-state index in [2.05, 4.69) is 18.3 Å². The number of hydrogen-bond donors (Lipinski definition) is 2. The van der Waals surface area contributed by atoms with E-state index in [1.54, 1.807) is 6.07 Å². The first-order valence-corrected chi connectivity index (χ1v) is 7.22. The summed E-state index contributed by atoms with van der Waals surface area (Å²) in [5.41, 5.74) is 9.12. The van der Waals surface area contributed by atoms with Crippen LogP contribution in [0.15, 0.2) is 36.4 Å². The number of hydrogen-bond acceptors (Lipinski definition) is 3. The third-order valence-electron chi connectivity index (χ3n) is 3.21. The Labute approximate surface area is 124 Å². The second-order valence-electron chi connectivity index (χ2n) is 4.84. The van der Waals surface area contributed by atoms with Crippen molar-refractivity contribution < 1.29 is 9.13 Å². The van der Waals surface area contributed by atoms with Crippen LogP contribution in [0.4, 0.5) is 21.5 Å². The van der Waals surface area contributed by atoms with E-state index in [0.717, 1.165) is 18.5 Å². The summed E-state index contributed by atoms with van der Waals surface area (Å²) in [7, 11) is 0. The van der Waals surface area contributed by atoms with Crippen molar-refractivity contribution in [2.75, 3.05) is 17.7 Å². The van der Waals surface area contributed by atoms with Crippen molar-refractivity contribution >= 4 is 17.1 Å². The molecule has 0 saturated carbocycles. The van der Waals surface area contributed by atoms with Gasteiger partial charge in [-0.1, -0.05) is 31.5 Å². The minimum absolute atomic E-state index is 0.210. The van der Waals surface area contributed by atoms with E-state index in [9.17, 15) is 4.39 Å². The average molecular weight is 288 g/mol. The first kappa shape index (κ1) is 15.2. The van der Waals surface area contributed by atoms with Crippen LogP contribution in [0.1, 0.15) is 25.8 Å². The highest BCUT2D eigenvalue weighted by Gasteiger charge is 2.10. The van der Waals surface area contributed by atoms with Crippen LogP contribution in [0, 0.1) is 5.82 Å². The molecule has 3 nitrogen and oxygen atoms in total. The minimum Gasteiger partial charge on any atom is -0.491 e. The molecular weight excluding hydrogens is 267 g/mol. The van der Waals surface area contributed by atoms with E-state index >= 15 is 0 Å². The highest BCUT2D eigenvalue weighted by atomic mass is 19.1. The van der Waals surface area contributed by atoms with E-state index in [4.69, 9.17) is 10.5 Å². The summed E-state index contributed by atoms with van der Waals surface area (Å²) in [6.07, 6.45) is 2.03. The number of nitrogen functional groups attached to an aromatic ring is 1. The molecule has 0 unspecified atom stereocenters. The molecule has 21 heavy (non-hydrogen) atoms. The van der Waals surface area contributed by atoms with E-state index in [-0.39, 0.29) is 5.75 Å². The zero-order valence-corrected chi connectivity index (χ0v) is 12.4. The Balaban J connectivity index is 2.33. The number of rotatable bonds is 6. The standard InChI is InChI=1S/C17H21FN2O/c1-3-7-12-8-5-6-9-15(12)20-16-11-17(21-4-2)13(18)10-14(16)19/h5-6,8-11,20H,3-4,7,19H2,1-2H3. The third kappa shape index (κ3) is 3.66. The highest BCUT2D eigenvalue weighted by Crippen LogP contribution is 2.31.